The molecule has 4 heteroatoms. The highest BCUT2D eigenvalue weighted by Crippen LogP contribution is 2.21. The summed E-state index contributed by atoms with van der Waals surface area (Å²) >= 11 is 2.04. The Morgan fingerprint density at radius 2 is 1.94 bits per heavy atom. The van der Waals surface area contributed by atoms with Crippen molar-refractivity contribution in [2.45, 2.75) is 19.4 Å². The second kappa shape index (κ2) is 6.90. The summed E-state index contributed by atoms with van der Waals surface area (Å²) in [6, 6.07) is 8.95. The van der Waals surface area contributed by atoms with Crippen LogP contribution in [-0.2, 0) is 0 Å². The minimum absolute atomic E-state index is 0.240. The molecule has 0 saturated carbocycles. The summed E-state index contributed by atoms with van der Waals surface area (Å²) in [4.78, 5) is 2.46. The molecular weight excluding hydrogens is 242 g/mol. The van der Waals surface area contributed by atoms with Gasteiger partial charge in [-0.25, -0.2) is 0 Å². The molecular formula is C14H23N3S. The van der Waals surface area contributed by atoms with Crippen molar-refractivity contribution in [3.63, 3.8) is 0 Å². The van der Waals surface area contributed by atoms with Gasteiger partial charge in [0.15, 0.2) is 0 Å². The second-order valence-corrected chi connectivity index (χ2v) is 5.92. The first-order valence-electron chi connectivity index (χ1n) is 6.72. The Kier molecular flexibility index (Phi) is 5.20. The molecule has 0 bridgehead atoms. The van der Waals surface area contributed by atoms with E-state index in [4.69, 9.17) is 5.73 Å². The maximum Gasteiger partial charge on any atom is 0.0368 e. The van der Waals surface area contributed by atoms with Crippen molar-refractivity contribution in [1.29, 1.82) is 0 Å². The van der Waals surface area contributed by atoms with E-state index in [0.717, 1.165) is 31.7 Å². The van der Waals surface area contributed by atoms with E-state index in [1.165, 1.54) is 17.2 Å². The lowest BCUT2D eigenvalue weighted by Crippen LogP contribution is -2.32. The highest BCUT2D eigenvalue weighted by atomic mass is 32.2. The summed E-state index contributed by atoms with van der Waals surface area (Å²) < 4.78 is 0. The van der Waals surface area contributed by atoms with Gasteiger partial charge in [-0.1, -0.05) is 6.92 Å². The summed E-state index contributed by atoms with van der Waals surface area (Å²) in [6.07, 6.45) is 1.01. The minimum Gasteiger partial charge on any atom is -0.383 e. The number of hydrogen-bond acceptors (Lipinski definition) is 4. The third-order valence-corrected chi connectivity index (χ3v) is 4.28. The van der Waals surface area contributed by atoms with Crippen molar-refractivity contribution in [3.8, 4) is 0 Å². The number of hydrogen-bond donors (Lipinski definition) is 2. The highest BCUT2D eigenvalue weighted by molar-refractivity contribution is 7.99. The Bertz CT molecular complexity index is 347. The van der Waals surface area contributed by atoms with E-state index in [2.05, 4.69) is 41.4 Å². The molecule has 3 N–H and O–H groups in total. The number of benzene rings is 1. The molecule has 0 unspecified atom stereocenters. The van der Waals surface area contributed by atoms with Crippen molar-refractivity contribution in [2.75, 3.05) is 41.4 Å². The monoisotopic (exact) mass is 265 g/mol. The van der Waals surface area contributed by atoms with Crippen molar-refractivity contribution < 1.29 is 0 Å². The molecule has 1 aromatic rings. The van der Waals surface area contributed by atoms with Gasteiger partial charge in [-0.05, 0) is 30.7 Å². The first kappa shape index (κ1) is 13.6. The molecule has 2 rings (SSSR count). The van der Waals surface area contributed by atoms with Gasteiger partial charge in [0, 0.05) is 48.6 Å². The van der Waals surface area contributed by atoms with E-state index in [-0.39, 0.29) is 6.04 Å². The van der Waals surface area contributed by atoms with Crippen molar-refractivity contribution >= 4 is 23.1 Å². The maximum atomic E-state index is 5.89. The molecule has 1 aromatic carbocycles. The summed E-state index contributed by atoms with van der Waals surface area (Å²) in [7, 11) is 0. The fourth-order valence-electron chi connectivity index (χ4n) is 2.00. The van der Waals surface area contributed by atoms with Gasteiger partial charge >= 0.3 is 0 Å². The van der Waals surface area contributed by atoms with Crippen LogP contribution in [-0.4, -0.2) is 37.2 Å². The predicted molar refractivity (Wildman–Crippen MR) is 82.7 cm³/mol. The quantitative estimate of drug-likeness (QED) is 0.858. The van der Waals surface area contributed by atoms with Crippen LogP contribution in [0.5, 0.6) is 0 Å². The van der Waals surface area contributed by atoms with Gasteiger partial charge in [-0.2, -0.15) is 11.8 Å². The number of nitrogens with zero attached hydrogens (tertiary/aromatic N) is 1. The molecule has 1 aliphatic heterocycles. The molecule has 0 aromatic heterocycles. The first-order chi connectivity index (χ1) is 8.79. The van der Waals surface area contributed by atoms with E-state index < -0.39 is 0 Å². The van der Waals surface area contributed by atoms with Crippen LogP contribution in [0.1, 0.15) is 13.3 Å². The number of anilines is 2. The standard InChI is InChI=1S/C14H23N3S/c1-2-12(15)11-16-13-3-5-14(6-4-13)17-7-9-18-10-8-17/h3-6,12,16H,2,7-11,15H2,1H3/t12-/m0/s1. The smallest absolute Gasteiger partial charge is 0.0368 e. The van der Waals surface area contributed by atoms with Gasteiger partial charge < -0.3 is 16.0 Å². The normalized spacial score (nSPS) is 17.6. The zero-order chi connectivity index (χ0) is 12.8. The summed E-state index contributed by atoms with van der Waals surface area (Å²) in [6.45, 7) is 5.29. The van der Waals surface area contributed by atoms with Crippen LogP contribution < -0.4 is 16.0 Å². The van der Waals surface area contributed by atoms with Gasteiger partial charge in [-0.15, -0.1) is 0 Å². The molecule has 18 heavy (non-hydrogen) atoms. The Labute approximate surface area is 114 Å². The Morgan fingerprint density at radius 3 is 2.56 bits per heavy atom. The molecule has 3 nitrogen and oxygen atoms in total. The van der Waals surface area contributed by atoms with Crippen LogP contribution >= 0.6 is 11.8 Å². The van der Waals surface area contributed by atoms with Gasteiger partial charge in [0.05, 0.1) is 0 Å². The topological polar surface area (TPSA) is 41.3 Å². The maximum absolute atomic E-state index is 5.89. The SMILES string of the molecule is CC[C@H](N)CNc1ccc(N2CCSCC2)cc1. The Morgan fingerprint density at radius 1 is 1.28 bits per heavy atom. The van der Waals surface area contributed by atoms with Crippen molar-refractivity contribution in [2.24, 2.45) is 5.73 Å². The average Bonchev–Trinajstić information content (AvgIpc) is 2.46. The number of nitrogens with two attached hydrogens (primary N) is 1. The first-order valence-corrected chi connectivity index (χ1v) is 7.87. The molecule has 0 radical (unpaired) electrons. The Hall–Kier alpha value is -0.870. The van der Waals surface area contributed by atoms with Gasteiger partial charge in [-0.3, -0.25) is 0 Å². The molecule has 1 fully saturated rings. The van der Waals surface area contributed by atoms with E-state index in [9.17, 15) is 0 Å². The lowest BCUT2D eigenvalue weighted by atomic mass is 10.2. The molecule has 100 valence electrons. The molecule has 0 spiro atoms. The van der Waals surface area contributed by atoms with Crippen molar-refractivity contribution in [1.82, 2.24) is 0 Å². The molecule has 0 amide bonds. The van der Waals surface area contributed by atoms with Crippen LogP contribution in [0.25, 0.3) is 0 Å². The number of nitrogens with one attached hydrogen (secondary N) is 1. The average molecular weight is 265 g/mol. The highest BCUT2D eigenvalue weighted by Gasteiger charge is 2.10. The fraction of sp³-hybridized carbons (Fsp3) is 0.571. The van der Waals surface area contributed by atoms with Gasteiger partial charge in [0.2, 0.25) is 0 Å². The van der Waals surface area contributed by atoms with Crippen LogP contribution in [0.4, 0.5) is 11.4 Å². The van der Waals surface area contributed by atoms with Crippen LogP contribution in [0.3, 0.4) is 0 Å². The van der Waals surface area contributed by atoms with Crippen molar-refractivity contribution in [3.05, 3.63) is 24.3 Å². The largest absolute Gasteiger partial charge is 0.383 e. The number of thioether (sulfide) groups is 1. The lowest BCUT2D eigenvalue weighted by Gasteiger charge is -2.28. The molecule has 1 saturated heterocycles. The summed E-state index contributed by atoms with van der Waals surface area (Å²) in [5.41, 5.74) is 8.39. The van der Waals surface area contributed by atoms with Gasteiger partial charge in [0.25, 0.3) is 0 Å². The summed E-state index contributed by atoms with van der Waals surface area (Å²) in [5.74, 6) is 2.48. The summed E-state index contributed by atoms with van der Waals surface area (Å²) in [5, 5.41) is 3.38. The minimum atomic E-state index is 0.240. The molecule has 1 heterocycles. The van der Waals surface area contributed by atoms with E-state index in [1.807, 2.05) is 11.8 Å². The van der Waals surface area contributed by atoms with Crippen LogP contribution in [0.15, 0.2) is 24.3 Å². The zero-order valence-corrected chi connectivity index (χ0v) is 11.9. The van der Waals surface area contributed by atoms with E-state index in [0.29, 0.717) is 0 Å². The molecule has 1 aliphatic rings. The Balaban J connectivity index is 1.88. The lowest BCUT2D eigenvalue weighted by molar-refractivity contribution is 0.679. The zero-order valence-electron chi connectivity index (χ0n) is 11.1. The second-order valence-electron chi connectivity index (χ2n) is 4.70. The fourth-order valence-corrected chi connectivity index (χ4v) is 2.91. The number of rotatable bonds is 5. The van der Waals surface area contributed by atoms with E-state index >= 15 is 0 Å². The van der Waals surface area contributed by atoms with Crippen LogP contribution in [0.2, 0.25) is 0 Å². The molecule has 1 atom stereocenters. The third-order valence-electron chi connectivity index (χ3n) is 3.34. The molecule has 0 aliphatic carbocycles. The van der Waals surface area contributed by atoms with Gasteiger partial charge in [0.1, 0.15) is 0 Å². The predicted octanol–water partition coefficient (Wildman–Crippen LogP) is 2.39. The third kappa shape index (κ3) is 3.82. The van der Waals surface area contributed by atoms with E-state index in [1.54, 1.807) is 0 Å². The van der Waals surface area contributed by atoms with Crippen LogP contribution in [0, 0.1) is 0 Å².